The molecule has 0 heterocycles. The Kier molecular flexibility index (Phi) is 5.57. The summed E-state index contributed by atoms with van der Waals surface area (Å²) >= 11 is 0. The first-order valence-corrected chi connectivity index (χ1v) is 8.62. The SMILES string of the molecule is CN(C)CCNc1ccc(NS(=O)(=O)c2ccc(F)cc2)cc1. The highest BCUT2D eigenvalue weighted by Crippen LogP contribution is 2.18. The molecular formula is C16H20FN3O2S. The Morgan fingerprint density at radius 1 is 0.957 bits per heavy atom. The molecule has 23 heavy (non-hydrogen) atoms. The fourth-order valence-electron chi connectivity index (χ4n) is 1.91. The molecule has 0 aromatic heterocycles. The van der Waals surface area contributed by atoms with Gasteiger partial charge in [0.05, 0.1) is 4.90 Å². The van der Waals surface area contributed by atoms with Crippen LogP contribution in [-0.4, -0.2) is 40.5 Å². The lowest BCUT2D eigenvalue weighted by Crippen LogP contribution is -2.20. The zero-order valence-corrected chi connectivity index (χ0v) is 13.9. The van der Waals surface area contributed by atoms with E-state index in [0.717, 1.165) is 30.9 Å². The third kappa shape index (κ3) is 5.22. The third-order valence-corrected chi connectivity index (χ3v) is 4.55. The number of hydrogen-bond donors (Lipinski definition) is 2. The minimum absolute atomic E-state index is 0.0204. The van der Waals surface area contributed by atoms with Gasteiger partial charge in [0.2, 0.25) is 0 Å². The van der Waals surface area contributed by atoms with Crippen LogP contribution in [0.2, 0.25) is 0 Å². The van der Waals surface area contributed by atoms with Crippen molar-refractivity contribution < 1.29 is 12.8 Å². The highest BCUT2D eigenvalue weighted by atomic mass is 32.2. The summed E-state index contributed by atoms with van der Waals surface area (Å²) in [6, 6.07) is 11.7. The average molecular weight is 337 g/mol. The molecule has 7 heteroatoms. The summed E-state index contributed by atoms with van der Waals surface area (Å²) in [4.78, 5) is 2.09. The molecule has 0 amide bonds. The van der Waals surface area contributed by atoms with Crippen molar-refractivity contribution in [3.05, 3.63) is 54.3 Å². The van der Waals surface area contributed by atoms with Crippen molar-refractivity contribution in [2.24, 2.45) is 0 Å². The number of halogens is 1. The molecule has 0 aliphatic carbocycles. The lowest BCUT2D eigenvalue weighted by atomic mass is 10.3. The Morgan fingerprint density at radius 2 is 1.52 bits per heavy atom. The van der Waals surface area contributed by atoms with E-state index in [2.05, 4.69) is 14.9 Å². The average Bonchev–Trinajstić information content (AvgIpc) is 2.49. The van der Waals surface area contributed by atoms with Crippen LogP contribution in [0.3, 0.4) is 0 Å². The van der Waals surface area contributed by atoms with Crippen molar-refractivity contribution in [3.63, 3.8) is 0 Å². The van der Waals surface area contributed by atoms with Gasteiger partial charge in [-0.25, -0.2) is 12.8 Å². The molecule has 2 rings (SSSR count). The monoisotopic (exact) mass is 337 g/mol. The van der Waals surface area contributed by atoms with Crippen LogP contribution in [0.15, 0.2) is 53.4 Å². The zero-order chi connectivity index (χ0) is 16.9. The van der Waals surface area contributed by atoms with Crippen LogP contribution in [0.1, 0.15) is 0 Å². The first-order chi connectivity index (χ1) is 10.9. The van der Waals surface area contributed by atoms with Crippen LogP contribution in [0.25, 0.3) is 0 Å². The Labute approximate surface area is 136 Å². The van der Waals surface area contributed by atoms with Crippen molar-refractivity contribution >= 4 is 21.4 Å². The van der Waals surface area contributed by atoms with Gasteiger partial charge in [-0.05, 0) is 62.6 Å². The van der Waals surface area contributed by atoms with E-state index >= 15 is 0 Å². The van der Waals surface area contributed by atoms with E-state index in [9.17, 15) is 12.8 Å². The summed E-state index contributed by atoms with van der Waals surface area (Å²) in [5.74, 6) is -0.475. The number of nitrogens with one attached hydrogen (secondary N) is 2. The number of nitrogens with zero attached hydrogens (tertiary/aromatic N) is 1. The van der Waals surface area contributed by atoms with E-state index in [-0.39, 0.29) is 4.90 Å². The summed E-state index contributed by atoms with van der Waals surface area (Å²) in [7, 11) is 0.275. The molecule has 0 aliphatic heterocycles. The molecule has 2 N–H and O–H groups in total. The molecule has 0 aliphatic rings. The Balaban J connectivity index is 2.01. The quantitative estimate of drug-likeness (QED) is 0.815. The summed E-state index contributed by atoms with van der Waals surface area (Å²) in [6.07, 6.45) is 0. The van der Waals surface area contributed by atoms with Gasteiger partial charge in [0.25, 0.3) is 10.0 Å². The molecule has 0 atom stereocenters. The Hall–Kier alpha value is -2.12. The topological polar surface area (TPSA) is 61.4 Å². The van der Waals surface area contributed by atoms with Gasteiger partial charge in [-0.15, -0.1) is 0 Å². The van der Waals surface area contributed by atoms with Crippen molar-refractivity contribution in [1.29, 1.82) is 0 Å². The van der Waals surface area contributed by atoms with Crippen LogP contribution in [-0.2, 0) is 10.0 Å². The van der Waals surface area contributed by atoms with E-state index in [1.54, 1.807) is 24.3 Å². The smallest absolute Gasteiger partial charge is 0.261 e. The highest BCUT2D eigenvalue weighted by Gasteiger charge is 2.13. The van der Waals surface area contributed by atoms with Crippen LogP contribution in [0.4, 0.5) is 15.8 Å². The fraction of sp³-hybridized carbons (Fsp3) is 0.250. The molecule has 0 saturated heterocycles. The second-order valence-corrected chi connectivity index (χ2v) is 7.05. The summed E-state index contributed by atoms with van der Waals surface area (Å²) in [6.45, 7) is 1.70. The first kappa shape index (κ1) is 17.2. The molecule has 0 unspecified atom stereocenters. The third-order valence-electron chi connectivity index (χ3n) is 3.15. The van der Waals surface area contributed by atoms with Gasteiger partial charge < -0.3 is 10.2 Å². The van der Waals surface area contributed by atoms with Gasteiger partial charge in [0, 0.05) is 24.5 Å². The molecule has 0 fully saturated rings. The molecular weight excluding hydrogens is 317 g/mol. The van der Waals surface area contributed by atoms with Crippen LogP contribution in [0, 0.1) is 5.82 Å². The molecule has 2 aromatic rings. The molecule has 2 aromatic carbocycles. The maximum atomic E-state index is 12.9. The van der Waals surface area contributed by atoms with Gasteiger partial charge in [0.15, 0.2) is 0 Å². The van der Waals surface area contributed by atoms with Gasteiger partial charge in [-0.2, -0.15) is 0 Å². The molecule has 5 nitrogen and oxygen atoms in total. The van der Waals surface area contributed by atoms with Crippen molar-refractivity contribution in [2.45, 2.75) is 4.90 Å². The van der Waals surface area contributed by atoms with Crippen molar-refractivity contribution in [1.82, 2.24) is 4.90 Å². The number of benzene rings is 2. The number of hydrogen-bond acceptors (Lipinski definition) is 4. The standard InChI is InChI=1S/C16H20FN3O2S/c1-20(2)12-11-18-14-5-7-15(8-6-14)19-23(21,22)16-9-3-13(17)4-10-16/h3-10,18-19H,11-12H2,1-2H3. The lowest BCUT2D eigenvalue weighted by Gasteiger charge is -2.12. The number of likely N-dealkylation sites (N-methyl/N-ethyl adjacent to an activating group) is 1. The van der Waals surface area contributed by atoms with Gasteiger partial charge in [0.1, 0.15) is 5.82 Å². The molecule has 0 radical (unpaired) electrons. The summed E-state index contributed by atoms with van der Waals surface area (Å²) in [5, 5.41) is 3.24. The minimum atomic E-state index is -3.71. The second-order valence-electron chi connectivity index (χ2n) is 5.37. The molecule has 0 bridgehead atoms. The number of rotatable bonds is 7. The largest absolute Gasteiger partial charge is 0.384 e. The minimum Gasteiger partial charge on any atom is -0.384 e. The Morgan fingerprint density at radius 3 is 2.09 bits per heavy atom. The Bertz CT molecular complexity index is 729. The predicted octanol–water partition coefficient (Wildman–Crippen LogP) is 2.60. The second kappa shape index (κ2) is 7.43. The molecule has 124 valence electrons. The van der Waals surface area contributed by atoms with E-state index in [4.69, 9.17) is 0 Å². The van der Waals surface area contributed by atoms with Crippen LogP contribution in [0.5, 0.6) is 0 Å². The normalized spacial score (nSPS) is 11.5. The lowest BCUT2D eigenvalue weighted by molar-refractivity contribution is 0.425. The number of sulfonamides is 1. The first-order valence-electron chi connectivity index (χ1n) is 7.14. The highest BCUT2D eigenvalue weighted by molar-refractivity contribution is 7.92. The van der Waals surface area contributed by atoms with E-state index in [1.807, 2.05) is 14.1 Å². The number of anilines is 2. The molecule has 0 spiro atoms. The van der Waals surface area contributed by atoms with Gasteiger partial charge in [-0.1, -0.05) is 0 Å². The van der Waals surface area contributed by atoms with Gasteiger partial charge in [-0.3, -0.25) is 4.72 Å². The maximum Gasteiger partial charge on any atom is 0.261 e. The van der Waals surface area contributed by atoms with Crippen molar-refractivity contribution in [3.8, 4) is 0 Å². The molecule has 0 saturated carbocycles. The summed E-state index contributed by atoms with van der Waals surface area (Å²) < 4.78 is 39.7. The fourth-order valence-corrected chi connectivity index (χ4v) is 2.97. The van der Waals surface area contributed by atoms with E-state index in [0.29, 0.717) is 5.69 Å². The van der Waals surface area contributed by atoms with E-state index < -0.39 is 15.8 Å². The maximum absolute atomic E-state index is 12.9. The van der Waals surface area contributed by atoms with Crippen molar-refractivity contribution in [2.75, 3.05) is 37.2 Å². The van der Waals surface area contributed by atoms with E-state index in [1.165, 1.54) is 12.1 Å². The zero-order valence-electron chi connectivity index (χ0n) is 13.1. The predicted molar refractivity (Wildman–Crippen MR) is 90.7 cm³/mol. The van der Waals surface area contributed by atoms with Crippen LogP contribution < -0.4 is 10.0 Å². The van der Waals surface area contributed by atoms with Crippen LogP contribution >= 0.6 is 0 Å². The van der Waals surface area contributed by atoms with Gasteiger partial charge >= 0.3 is 0 Å². The summed E-state index contributed by atoms with van der Waals surface area (Å²) in [5.41, 5.74) is 1.36.